The molecule has 1 saturated carbocycles. The quantitative estimate of drug-likeness (QED) is 0.269. The second kappa shape index (κ2) is 12.9. The van der Waals surface area contributed by atoms with Crippen LogP contribution in [-0.2, 0) is 0 Å². The molecule has 2 aromatic carbocycles. The summed E-state index contributed by atoms with van der Waals surface area (Å²) in [7, 11) is 3.72. The number of anilines is 4. The van der Waals surface area contributed by atoms with E-state index in [2.05, 4.69) is 16.0 Å². The maximum Gasteiger partial charge on any atom is 0.254 e. The van der Waals surface area contributed by atoms with Crippen molar-refractivity contribution < 1.29 is 14.8 Å². The third-order valence-corrected chi connectivity index (χ3v) is 6.44. The number of carbonyl (C=O) groups excluding carboxylic acids is 2. The summed E-state index contributed by atoms with van der Waals surface area (Å²) in [6, 6.07) is 10.9. The van der Waals surface area contributed by atoms with Crippen molar-refractivity contribution in [3.8, 4) is 0 Å². The topological polar surface area (TPSA) is 132 Å². The molecule has 2 aliphatic rings. The zero-order valence-corrected chi connectivity index (χ0v) is 20.7. The monoisotopic (exact) mass is 482 g/mol. The zero-order chi connectivity index (χ0) is 25.2. The minimum Gasteiger partial charge on any atom is -0.399 e. The van der Waals surface area contributed by atoms with Crippen molar-refractivity contribution >= 4 is 34.6 Å². The summed E-state index contributed by atoms with van der Waals surface area (Å²) in [5, 5.41) is 18.1. The molecule has 0 atom stereocenters. The fraction of sp³-hybridized carbons (Fsp3) is 0.462. The van der Waals surface area contributed by atoms with Crippen LogP contribution in [0.25, 0.3) is 0 Å². The van der Waals surface area contributed by atoms with Gasteiger partial charge in [0.1, 0.15) is 0 Å². The van der Waals surface area contributed by atoms with Crippen molar-refractivity contribution in [2.24, 2.45) is 0 Å². The highest BCUT2D eigenvalue weighted by Gasteiger charge is 2.20. The second-order valence-electron chi connectivity index (χ2n) is 9.06. The fourth-order valence-corrected chi connectivity index (χ4v) is 4.51. The number of benzene rings is 2. The van der Waals surface area contributed by atoms with Gasteiger partial charge in [-0.05, 0) is 62.1 Å². The van der Waals surface area contributed by atoms with Gasteiger partial charge in [-0.2, -0.15) is 0 Å². The Labute approximate surface area is 207 Å². The van der Waals surface area contributed by atoms with Crippen molar-refractivity contribution in [2.45, 2.75) is 51.0 Å². The van der Waals surface area contributed by atoms with Crippen molar-refractivity contribution in [3.63, 3.8) is 0 Å². The Hall–Kier alpha value is -3.46. The summed E-state index contributed by atoms with van der Waals surface area (Å²) in [5.41, 5.74) is 11.7. The number of nitrogen functional groups attached to an aromatic ring is 1. The normalized spacial score (nSPS) is 15.6. The highest BCUT2D eigenvalue weighted by atomic mass is 16.5. The molecule has 4 rings (SSSR count). The first-order chi connectivity index (χ1) is 16.9. The molecule has 1 aliphatic carbocycles. The molecule has 0 aromatic heterocycles. The van der Waals surface area contributed by atoms with Crippen LogP contribution in [0.15, 0.2) is 36.4 Å². The molecule has 9 nitrogen and oxygen atoms in total. The average molecular weight is 483 g/mol. The van der Waals surface area contributed by atoms with Gasteiger partial charge in [0, 0.05) is 61.4 Å². The number of hydrogen-bond donors (Lipinski definition) is 6. The van der Waals surface area contributed by atoms with E-state index in [1.165, 1.54) is 19.3 Å². The zero-order valence-electron chi connectivity index (χ0n) is 20.7. The lowest BCUT2D eigenvalue weighted by atomic mass is 9.95. The second-order valence-corrected chi connectivity index (χ2v) is 9.06. The van der Waals surface area contributed by atoms with Gasteiger partial charge in [-0.3, -0.25) is 20.3 Å². The largest absolute Gasteiger partial charge is 0.399 e. The van der Waals surface area contributed by atoms with E-state index in [0.29, 0.717) is 28.5 Å². The first kappa shape index (κ1) is 26.2. The third-order valence-electron chi connectivity index (χ3n) is 6.44. The molecule has 0 bridgehead atoms. The molecule has 0 radical (unpaired) electrons. The Kier molecular flexibility index (Phi) is 9.60. The first-order valence-electron chi connectivity index (χ1n) is 12.3. The van der Waals surface area contributed by atoms with Gasteiger partial charge in [-0.25, -0.2) is 0 Å². The molecule has 1 saturated heterocycles. The fourth-order valence-electron chi connectivity index (χ4n) is 4.51. The van der Waals surface area contributed by atoms with Crippen LogP contribution in [0, 0.1) is 0 Å². The molecule has 0 spiro atoms. The molecule has 9 heteroatoms. The third kappa shape index (κ3) is 7.51. The lowest BCUT2D eigenvalue weighted by Gasteiger charge is -2.23. The van der Waals surface area contributed by atoms with Crippen molar-refractivity contribution in [2.75, 3.05) is 49.0 Å². The summed E-state index contributed by atoms with van der Waals surface area (Å²) < 4.78 is 0. The van der Waals surface area contributed by atoms with Crippen LogP contribution in [0.1, 0.15) is 65.7 Å². The molecule has 1 aliphatic heterocycles. The molecular weight excluding hydrogens is 444 g/mol. The minimum absolute atomic E-state index is 0.0266. The Morgan fingerprint density at radius 1 is 0.829 bits per heavy atom. The van der Waals surface area contributed by atoms with E-state index in [0.717, 1.165) is 50.1 Å². The van der Waals surface area contributed by atoms with Crippen LogP contribution in [0.3, 0.4) is 0 Å². The molecule has 1 heterocycles. The van der Waals surface area contributed by atoms with Crippen molar-refractivity contribution in [1.82, 2.24) is 10.2 Å². The van der Waals surface area contributed by atoms with Gasteiger partial charge in [0.15, 0.2) is 0 Å². The van der Waals surface area contributed by atoms with Crippen LogP contribution in [0.2, 0.25) is 0 Å². The molecule has 2 aromatic rings. The number of rotatable bonds is 6. The molecule has 2 fully saturated rings. The van der Waals surface area contributed by atoms with E-state index in [4.69, 9.17) is 10.9 Å². The van der Waals surface area contributed by atoms with Crippen LogP contribution >= 0.6 is 0 Å². The van der Waals surface area contributed by atoms with Crippen molar-refractivity contribution in [3.05, 3.63) is 47.5 Å². The predicted octanol–water partition coefficient (Wildman–Crippen LogP) is 4.14. The smallest absolute Gasteiger partial charge is 0.254 e. The number of hydrogen-bond acceptors (Lipinski definition) is 7. The Balaban J connectivity index is 0.000000198. The van der Waals surface area contributed by atoms with Gasteiger partial charge < -0.3 is 26.6 Å². The first-order valence-corrected chi connectivity index (χ1v) is 12.3. The summed E-state index contributed by atoms with van der Waals surface area (Å²) >= 11 is 0. The van der Waals surface area contributed by atoms with E-state index in [9.17, 15) is 9.59 Å². The van der Waals surface area contributed by atoms with Gasteiger partial charge in [-0.1, -0.05) is 19.3 Å². The SMILES string of the molecule is CNc1cc(NC)cc(C(=O)NC2CCCCC2)c1.Nc1cc(NO)cc(C(=O)N2CCCC2)c1. The van der Waals surface area contributed by atoms with E-state index in [1.807, 2.05) is 37.8 Å². The maximum atomic E-state index is 12.3. The van der Waals surface area contributed by atoms with Gasteiger partial charge in [0.2, 0.25) is 0 Å². The minimum atomic E-state index is -0.0266. The highest BCUT2D eigenvalue weighted by molar-refractivity contribution is 5.97. The maximum absolute atomic E-state index is 12.3. The van der Waals surface area contributed by atoms with E-state index < -0.39 is 0 Å². The van der Waals surface area contributed by atoms with Crippen LogP contribution in [0.4, 0.5) is 22.7 Å². The van der Waals surface area contributed by atoms with E-state index in [1.54, 1.807) is 23.1 Å². The number of nitrogens with one attached hydrogen (secondary N) is 4. The number of nitrogens with zero attached hydrogens (tertiary/aromatic N) is 1. The van der Waals surface area contributed by atoms with Gasteiger partial charge >= 0.3 is 0 Å². The summed E-state index contributed by atoms with van der Waals surface area (Å²) in [6.45, 7) is 1.60. The number of amides is 2. The summed E-state index contributed by atoms with van der Waals surface area (Å²) in [5.74, 6) is 0.00167. The van der Waals surface area contributed by atoms with E-state index in [-0.39, 0.29) is 11.8 Å². The molecule has 190 valence electrons. The van der Waals surface area contributed by atoms with Gasteiger partial charge in [0.05, 0.1) is 5.69 Å². The number of nitrogens with two attached hydrogens (primary N) is 1. The molecule has 0 unspecified atom stereocenters. The number of likely N-dealkylation sites (tertiary alicyclic amines) is 1. The highest BCUT2D eigenvalue weighted by Crippen LogP contribution is 2.21. The molecular formula is C26H38N6O3. The van der Waals surface area contributed by atoms with Crippen LogP contribution in [0.5, 0.6) is 0 Å². The molecule has 7 N–H and O–H groups in total. The standard InChI is InChI=1S/C15H23N3O.C11H15N3O2/c1-16-13-8-11(9-14(10-13)17-2)15(19)18-12-6-4-3-5-7-12;12-9-5-8(6-10(7-9)13-16)11(15)14-3-1-2-4-14/h8-10,12,16-17H,3-7H2,1-2H3,(H,18,19);5-7,13,16H,1-4,12H2. The summed E-state index contributed by atoms with van der Waals surface area (Å²) in [6.07, 6.45) is 8.07. The van der Waals surface area contributed by atoms with E-state index >= 15 is 0 Å². The Morgan fingerprint density at radius 2 is 1.43 bits per heavy atom. The van der Waals surface area contributed by atoms with Gasteiger partial charge in [-0.15, -0.1) is 0 Å². The van der Waals surface area contributed by atoms with Crippen LogP contribution in [-0.4, -0.2) is 55.1 Å². The average Bonchev–Trinajstić information content (AvgIpc) is 3.43. The predicted molar refractivity (Wildman–Crippen MR) is 141 cm³/mol. The molecule has 2 amide bonds. The summed E-state index contributed by atoms with van der Waals surface area (Å²) in [4.78, 5) is 26.1. The van der Waals surface area contributed by atoms with Gasteiger partial charge in [0.25, 0.3) is 11.8 Å². The Bertz CT molecular complexity index is 978. The lowest BCUT2D eigenvalue weighted by Crippen LogP contribution is -2.36. The van der Waals surface area contributed by atoms with Crippen molar-refractivity contribution in [1.29, 1.82) is 0 Å². The number of carbonyl (C=O) groups is 2. The Morgan fingerprint density at radius 3 is 2.00 bits per heavy atom. The molecule has 35 heavy (non-hydrogen) atoms. The van der Waals surface area contributed by atoms with Crippen LogP contribution < -0.4 is 27.2 Å². The lowest BCUT2D eigenvalue weighted by molar-refractivity contribution is 0.0792.